The van der Waals surface area contributed by atoms with Gasteiger partial charge in [0.15, 0.2) is 0 Å². The normalized spacial score (nSPS) is 12.6. The third-order valence-electron chi connectivity index (χ3n) is 2.33. The molecule has 2 nitrogen and oxygen atoms in total. The van der Waals surface area contributed by atoms with Crippen LogP contribution in [0.5, 0.6) is 0 Å². The molecule has 88 valence electrons. The van der Waals surface area contributed by atoms with Crippen LogP contribution in [-0.2, 0) is 9.53 Å². The standard InChI is InChI=1S/C13H24O2/c1-6-8-12(9-10(3)4)15-13(14)11(5)7-2/h10,12H,5-9H2,1-4H3. The first kappa shape index (κ1) is 14.2. The van der Waals surface area contributed by atoms with Gasteiger partial charge in [-0.2, -0.15) is 0 Å². The Hall–Kier alpha value is -0.790. The molecule has 0 radical (unpaired) electrons. The maximum absolute atomic E-state index is 11.5. The van der Waals surface area contributed by atoms with Crippen LogP contribution in [0.4, 0.5) is 0 Å². The van der Waals surface area contributed by atoms with Gasteiger partial charge in [0.25, 0.3) is 0 Å². The van der Waals surface area contributed by atoms with Crippen molar-refractivity contribution in [1.82, 2.24) is 0 Å². The molecule has 0 fully saturated rings. The largest absolute Gasteiger partial charge is 0.459 e. The van der Waals surface area contributed by atoms with Gasteiger partial charge < -0.3 is 4.74 Å². The predicted molar refractivity (Wildman–Crippen MR) is 63.7 cm³/mol. The van der Waals surface area contributed by atoms with Crippen molar-refractivity contribution >= 4 is 5.97 Å². The lowest BCUT2D eigenvalue weighted by molar-refractivity contribution is -0.145. The molecule has 0 aromatic rings. The first-order chi connectivity index (χ1) is 7.01. The summed E-state index contributed by atoms with van der Waals surface area (Å²) in [4.78, 5) is 11.5. The summed E-state index contributed by atoms with van der Waals surface area (Å²) in [6.07, 6.45) is 3.66. The highest BCUT2D eigenvalue weighted by molar-refractivity contribution is 5.87. The number of carbonyl (C=O) groups is 1. The minimum atomic E-state index is -0.225. The molecular weight excluding hydrogens is 188 g/mol. The summed E-state index contributed by atoms with van der Waals surface area (Å²) in [5.41, 5.74) is 0.569. The third kappa shape index (κ3) is 6.32. The molecule has 2 heteroatoms. The molecule has 0 aliphatic carbocycles. The van der Waals surface area contributed by atoms with Crippen molar-refractivity contribution in [3.8, 4) is 0 Å². The topological polar surface area (TPSA) is 26.3 Å². The molecule has 0 bridgehead atoms. The van der Waals surface area contributed by atoms with Gasteiger partial charge in [-0.15, -0.1) is 0 Å². The molecule has 0 N–H and O–H groups in total. The van der Waals surface area contributed by atoms with Gasteiger partial charge in [0.1, 0.15) is 6.10 Å². The average Bonchev–Trinajstić information content (AvgIpc) is 2.15. The molecule has 0 heterocycles. The maximum atomic E-state index is 11.5. The number of rotatable bonds is 7. The van der Waals surface area contributed by atoms with Gasteiger partial charge in [0.2, 0.25) is 0 Å². The Kier molecular flexibility index (Phi) is 7.10. The minimum Gasteiger partial charge on any atom is -0.459 e. The van der Waals surface area contributed by atoms with Crippen molar-refractivity contribution in [3.63, 3.8) is 0 Å². The SMILES string of the molecule is C=C(CC)C(=O)OC(CCC)CC(C)C. The van der Waals surface area contributed by atoms with Crippen LogP contribution in [0.25, 0.3) is 0 Å². The van der Waals surface area contributed by atoms with Crippen LogP contribution in [-0.4, -0.2) is 12.1 Å². The summed E-state index contributed by atoms with van der Waals surface area (Å²) in [5.74, 6) is 0.334. The first-order valence-electron chi connectivity index (χ1n) is 5.89. The highest BCUT2D eigenvalue weighted by Gasteiger charge is 2.16. The molecule has 0 aromatic carbocycles. The van der Waals surface area contributed by atoms with Crippen LogP contribution in [0.1, 0.15) is 53.4 Å². The molecule has 1 atom stereocenters. The van der Waals surface area contributed by atoms with Crippen molar-refractivity contribution in [2.45, 2.75) is 59.5 Å². The molecule has 1 unspecified atom stereocenters. The Morgan fingerprint density at radius 3 is 2.33 bits per heavy atom. The predicted octanol–water partition coefficient (Wildman–Crippen LogP) is 3.71. The molecule has 0 spiro atoms. The van der Waals surface area contributed by atoms with Crippen LogP contribution in [0.15, 0.2) is 12.2 Å². The molecule has 0 aromatic heterocycles. The fourth-order valence-corrected chi connectivity index (χ4v) is 1.45. The molecule has 15 heavy (non-hydrogen) atoms. The second-order valence-electron chi connectivity index (χ2n) is 4.40. The summed E-state index contributed by atoms with van der Waals surface area (Å²) >= 11 is 0. The number of esters is 1. The highest BCUT2D eigenvalue weighted by atomic mass is 16.5. The fraction of sp³-hybridized carbons (Fsp3) is 0.769. The number of hydrogen-bond donors (Lipinski definition) is 0. The summed E-state index contributed by atoms with van der Waals surface area (Å²) in [6.45, 7) is 12.0. The van der Waals surface area contributed by atoms with Crippen molar-refractivity contribution in [2.75, 3.05) is 0 Å². The Morgan fingerprint density at radius 2 is 1.93 bits per heavy atom. The Bertz CT molecular complexity index is 207. The Labute approximate surface area is 93.7 Å². The van der Waals surface area contributed by atoms with Crippen LogP contribution >= 0.6 is 0 Å². The highest BCUT2D eigenvalue weighted by Crippen LogP contribution is 2.15. The third-order valence-corrected chi connectivity index (χ3v) is 2.33. The second kappa shape index (κ2) is 7.49. The van der Waals surface area contributed by atoms with Crippen molar-refractivity contribution in [2.24, 2.45) is 5.92 Å². The second-order valence-corrected chi connectivity index (χ2v) is 4.40. The van der Waals surface area contributed by atoms with E-state index in [9.17, 15) is 4.79 Å². The van der Waals surface area contributed by atoms with Crippen LogP contribution in [0, 0.1) is 5.92 Å². The van der Waals surface area contributed by atoms with Crippen molar-refractivity contribution < 1.29 is 9.53 Å². The number of ether oxygens (including phenoxy) is 1. The summed E-state index contributed by atoms with van der Waals surface area (Å²) < 4.78 is 5.42. The minimum absolute atomic E-state index is 0.0609. The van der Waals surface area contributed by atoms with E-state index in [1.54, 1.807) is 0 Å². The summed E-state index contributed by atoms with van der Waals surface area (Å²) in [7, 11) is 0. The van der Waals surface area contributed by atoms with Gasteiger partial charge in [0, 0.05) is 5.57 Å². The van der Waals surface area contributed by atoms with Crippen molar-refractivity contribution in [1.29, 1.82) is 0 Å². The van der Waals surface area contributed by atoms with E-state index in [-0.39, 0.29) is 12.1 Å². The van der Waals surface area contributed by atoms with Gasteiger partial charge in [0.05, 0.1) is 0 Å². The Balaban J connectivity index is 4.15. The summed E-state index contributed by atoms with van der Waals surface area (Å²) in [6, 6.07) is 0. The monoisotopic (exact) mass is 212 g/mol. The number of carbonyl (C=O) groups excluding carboxylic acids is 1. The zero-order valence-electron chi connectivity index (χ0n) is 10.5. The Morgan fingerprint density at radius 1 is 1.33 bits per heavy atom. The lowest BCUT2D eigenvalue weighted by Crippen LogP contribution is -2.20. The molecule has 0 saturated carbocycles. The molecule has 0 saturated heterocycles. The van der Waals surface area contributed by atoms with Gasteiger partial charge >= 0.3 is 5.97 Å². The molecule has 0 aliphatic rings. The lowest BCUT2D eigenvalue weighted by Gasteiger charge is -2.19. The smallest absolute Gasteiger partial charge is 0.333 e. The maximum Gasteiger partial charge on any atom is 0.333 e. The van der Waals surface area contributed by atoms with Gasteiger partial charge in [-0.3, -0.25) is 0 Å². The zero-order valence-corrected chi connectivity index (χ0v) is 10.5. The van der Waals surface area contributed by atoms with Crippen LogP contribution in [0.2, 0.25) is 0 Å². The first-order valence-corrected chi connectivity index (χ1v) is 5.89. The quantitative estimate of drug-likeness (QED) is 0.475. The lowest BCUT2D eigenvalue weighted by atomic mass is 10.0. The summed E-state index contributed by atoms with van der Waals surface area (Å²) in [5, 5.41) is 0. The van der Waals surface area contributed by atoms with E-state index in [0.717, 1.165) is 19.3 Å². The zero-order chi connectivity index (χ0) is 11.8. The molecule has 0 amide bonds. The van der Waals surface area contributed by atoms with Crippen LogP contribution in [0.3, 0.4) is 0 Å². The average molecular weight is 212 g/mol. The van der Waals surface area contributed by atoms with Gasteiger partial charge in [-0.05, 0) is 25.2 Å². The van der Waals surface area contributed by atoms with E-state index in [0.29, 0.717) is 17.9 Å². The molecule has 0 aliphatic heterocycles. The van der Waals surface area contributed by atoms with E-state index >= 15 is 0 Å². The molecular formula is C13H24O2. The van der Waals surface area contributed by atoms with E-state index in [4.69, 9.17) is 4.74 Å². The van der Waals surface area contributed by atoms with Crippen LogP contribution < -0.4 is 0 Å². The van der Waals surface area contributed by atoms with Gasteiger partial charge in [-0.1, -0.05) is 40.7 Å². The number of hydrogen-bond acceptors (Lipinski definition) is 2. The van der Waals surface area contributed by atoms with E-state index < -0.39 is 0 Å². The van der Waals surface area contributed by atoms with E-state index in [1.807, 2.05) is 6.92 Å². The van der Waals surface area contributed by atoms with E-state index in [1.165, 1.54) is 0 Å². The van der Waals surface area contributed by atoms with Gasteiger partial charge in [-0.25, -0.2) is 4.79 Å². The molecule has 0 rings (SSSR count). The van der Waals surface area contributed by atoms with Crippen molar-refractivity contribution in [3.05, 3.63) is 12.2 Å². The van der Waals surface area contributed by atoms with E-state index in [2.05, 4.69) is 27.4 Å². The fourth-order valence-electron chi connectivity index (χ4n) is 1.45.